The van der Waals surface area contributed by atoms with Crippen LogP contribution in [0.4, 0.5) is 5.69 Å². The van der Waals surface area contributed by atoms with E-state index in [9.17, 15) is 14.4 Å². The first kappa shape index (κ1) is 25.0. The third-order valence-electron chi connectivity index (χ3n) is 4.89. The molecule has 0 spiro atoms. The highest BCUT2D eigenvalue weighted by molar-refractivity contribution is 6.30. The molecule has 0 saturated carbocycles. The van der Waals surface area contributed by atoms with Crippen LogP contribution in [0.25, 0.3) is 0 Å². The summed E-state index contributed by atoms with van der Waals surface area (Å²) < 4.78 is 15.5. The third-order valence-corrected chi connectivity index (χ3v) is 5.14. The van der Waals surface area contributed by atoms with Gasteiger partial charge >= 0.3 is 5.97 Å². The number of nitrogens with one attached hydrogen (secondary N) is 2. The molecule has 2 aromatic carbocycles. The van der Waals surface area contributed by atoms with E-state index >= 15 is 0 Å². The number of rotatable bonds is 10. The molecule has 0 bridgehead atoms. The maximum atomic E-state index is 12.7. The van der Waals surface area contributed by atoms with Gasteiger partial charge in [-0.3, -0.25) is 9.59 Å². The molecule has 8 nitrogen and oxygen atoms in total. The van der Waals surface area contributed by atoms with Crippen molar-refractivity contribution in [1.82, 2.24) is 5.32 Å². The molecule has 2 atom stereocenters. The number of hydrogen-bond acceptors (Lipinski definition) is 6. The summed E-state index contributed by atoms with van der Waals surface area (Å²) in [7, 11) is 2.97. The van der Waals surface area contributed by atoms with Crippen LogP contribution in [0.2, 0.25) is 5.02 Å². The number of benzene rings is 2. The van der Waals surface area contributed by atoms with Crippen LogP contribution in [0.3, 0.4) is 0 Å². The maximum absolute atomic E-state index is 12.7. The Balaban J connectivity index is 2.01. The van der Waals surface area contributed by atoms with E-state index < -0.39 is 30.4 Å². The largest absolute Gasteiger partial charge is 0.497 e. The first-order valence-corrected chi connectivity index (χ1v) is 10.4. The van der Waals surface area contributed by atoms with Crippen molar-refractivity contribution in [1.29, 1.82) is 0 Å². The molecule has 0 aliphatic carbocycles. The monoisotopic (exact) mass is 462 g/mol. The Morgan fingerprint density at radius 1 is 1.03 bits per heavy atom. The Hall–Kier alpha value is -3.26. The van der Waals surface area contributed by atoms with E-state index in [0.717, 1.165) is 0 Å². The first-order chi connectivity index (χ1) is 15.3. The second kappa shape index (κ2) is 12.0. The predicted molar refractivity (Wildman–Crippen MR) is 121 cm³/mol. The van der Waals surface area contributed by atoms with Gasteiger partial charge in [-0.05, 0) is 42.3 Å². The lowest BCUT2D eigenvalue weighted by Crippen LogP contribution is -2.46. The van der Waals surface area contributed by atoms with Gasteiger partial charge in [0.25, 0.3) is 11.8 Å². The van der Waals surface area contributed by atoms with Gasteiger partial charge in [-0.1, -0.05) is 31.9 Å². The van der Waals surface area contributed by atoms with Crippen LogP contribution in [0.1, 0.15) is 30.6 Å². The van der Waals surface area contributed by atoms with Crippen LogP contribution in [-0.2, 0) is 14.3 Å². The summed E-state index contributed by atoms with van der Waals surface area (Å²) in [5.74, 6) is -0.945. The zero-order chi connectivity index (χ0) is 23.7. The van der Waals surface area contributed by atoms with Gasteiger partial charge in [0.2, 0.25) is 0 Å². The van der Waals surface area contributed by atoms with Gasteiger partial charge in [-0.15, -0.1) is 0 Å². The Morgan fingerprint density at radius 2 is 1.72 bits per heavy atom. The second-order valence-electron chi connectivity index (χ2n) is 7.07. The van der Waals surface area contributed by atoms with Crippen LogP contribution < -0.4 is 20.1 Å². The number of amides is 2. The van der Waals surface area contributed by atoms with Crippen LogP contribution in [-0.4, -0.2) is 44.7 Å². The minimum atomic E-state index is -0.915. The lowest BCUT2D eigenvalue weighted by atomic mass is 9.99. The third kappa shape index (κ3) is 6.88. The summed E-state index contributed by atoms with van der Waals surface area (Å²) in [6.07, 6.45) is 0.619. The van der Waals surface area contributed by atoms with Gasteiger partial charge in [-0.2, -0.15) is 0 Å². The van der Waals surface area contributed by atoms with Crippen LogP contribution >= 0.6 is 11.6 Å². The van der Waals surface area contributed by atoms with Gasteiger partial charge in [0, 0.05) is 16.7 Å². The Labute approximate surface area is 192 Å². The maximum Gasteiger partial charge on any atom is 0.329 e. The minimum absolute atomic E-state index is 0.208. The van der Waals surface area contributed by atoms with Crippen molar-refractivity contribution >= 4 is 35.1 Å². The molecule has 172 valence electrons. The average molecular weight is 463 g/mol. The zero-order valence-corrected chi connectivity index (χ0v) is 19.2. The standard InChI is InChI=1S/C23H27ClN2O6/c1-5-14(2)21(26-22(28)15-6-8-16(24)9-7-15)23(29)32-13-20(27)25-18-12-17(30-3)10-11-19(18)31-4/h6-12,14,21H,5,13H2,1-4H3,(H,25,27)(H,26,28)/t14-,21-/m0/s1. The molecule has 0 fully saturated rings. The van der Waals surface area contributed by atoms with Crippen LogP contribution in [0.15, 0.2) is 42.5 Å². The number of carbonyl (C=O) groups is 3. The molecule has 0 unspecified atom stereocenters. The van der Waals surface area contributed by atoms with Crippen molar-refractivity contribution in [3.63, 3.8) is 0 Å². The first-order valence-electron chi connectivity index (χ1n) is 10.0. The summed E-state index contributed by atoms with van der Waals surface area (Å²) in [6, 6.07) is 10.3. The Kier molecular flexibility index (Phi) is 9.34. The summed E-state index contributed by atoms with van der Waals surface area (Å²) in [4.78, 5) is 37.5. The number of anilines is 1. The van der Waals surface area contributed by atoms with E-state index in [-0.39, 0.29) is 5.92 Å². The highest BCUT2D eigenvalue weighted by Gasteiger charge is 2.28. The van der Waals surface area contributed by atoms with Crippen LogP contribution in [0.5, 0.6) is 11.5 Å². The van der Waals surface area contributed by atoms with E-state index in [4.69, 9.17) is 25.8 Å². The minimum Gasteiger partial charge on any atom is -0.497 e. The molecule has 32 heavy (non-hydrogen) atoms. The van der Waals surface area contributed by atoms with Gasteiger partial charge in [0.05, 0.1) is 19.9 Å². The number of halogens is 1. The topological polar surface area (TPSA) is 103 Å². The molecule has 2 rings (SSSR count). The van der Waals surface area contributed by atoms with Crippen molar-refractivity contribution in [2.75, 3.05) is 26.1 Å². The Bertz CT molecular complexity index is 948. The molecule has 2 N–H and O–H groups in total. The molecule has 0 aliphatic rings. The van der Waals surface area contributed by atoms with Crippen molar-refractivity contribution in [3.05, 3.63) is 53.1 Å². The predicted octanol–water partition coefficient (Wildman–Crippen LogP) is 3.68. The van der Waals surface area contributed by atoms with Crippen molar-refractivity contribution < 1.29 is 28.6 Å². The SMILES string of the molecule is CC[C@H](C)[C@H](NC(=O)c1ccc(Cl)cc1)C(=O)OCC(=O)Nc1cc(OC)ccc1OC. The van der Waals surface area contributed by atoms with Gasteiger partial charge < -0.3 is 24.8 Å². The smallest absolute Gasteiger partial charge is 0.329 e. The highest BCUT2D eigenvalue weighted by Crippen LogP contribution is 2.28. The van der Waals surface area contributed by atoms with E-state index in [1.165, 1.54) is 14.2 Å². The lowest BCUT2D eigenvalue weighted by molar-refractivity contribution is -0.150. The fraction of sp³-hybridized carbons (Fsp3) is 0.348. The molecule has 2 aromatic rings. The highest BCUT2D eigenvalue weighted by atomic mass is 35.5. The number of ether oxygens (including phenoxy) is 3. The summed E-state index contributed by atoms with van der Waals surface area (Å²) in [5.41, 5.74) is 0.737. The van der Waals surface area contributed by atoms with E-state index in [1.54, 1.807) is 42.5 Å². The lowest BCUT2D eigenvalue weighted by Gasteiger charge is -2.22. The second-order valence-corrected chi connectivity index (χ2v) is 7.50. The Morgan fingerprint density at radius 3 is 2.31 bits per heavy atom. The van der Waals surface area contributed by atoms with E-state index in [1.807, 2.05) is 13.8 Å². The fourth-order valence-corrected chi connectivity index (χ4v) is 2.95. The molecular formula is C23H27ClN2O6. The number of hydrogen-bond donors (Lipinski definition) is 2. The fourth-order valence-electron chi connectivity index (χ4n) is 2.82. The molecule has 0 aliphatic heterocycles. The summed E-state index contributed by atoms with van der Waals surface area (Å²) in [5, 5.41) is 5.81. The summed E-state index contributed by atoms with van der Waals surface area (Å²) in [6.45, 7) is 3.18. The van der Waals surface area contributed by atoms with Crippen LogP contribution in [0, 0.1) is 5.92 Å². The number of esters is 1. The molecule has 0 heterocycles. The van der Waals surface area contributed by atoms with Crippen molar-refractivity contribution in [2.24, 2.45) is 5.92 Å². The zero-order valence-electron chi connectivity index (χ0n) is 18.4. The molecular weight excluding hydrogens is 436 g/mol. The molecule has 0 radical (unpaired) electrons. The number of carbonyl (C=O) groups excluding carboxylic acids is 3. The normalized spacial score (nSPS) is 12.3. The molecule has 9 heteroatoms. The molecule has 2 amide bonds. The quantitative estimate of drug-likeness (QED) is 0.522. The summed E-state index contributed by atoms with van der Waals surface area (Å²) >= 11 is 5.85. The van der Waals surface area contributed by atoms with E-state index in [0.29, 0.717) is 34.2 Å². The number of methoxy groups -OCH3 is 2. The molecule has 0 saturated heterocycles. The van der Waals surface area contributed by atoms with Gasteiger partial charge in [-0.25, -0.2) is 4.79 Å². The van der Waals surface area contributed by atoms with Crippen molar-refractivity contribution in [2.45, 2.75) is 26.3 Å². The van der Waals surface area contributed by atoms with Gasteiger partial charge in [0.1, 0.15) is 17.5 Å². The van der Waals surface area contributed by atoms with Crippen molar-refractivity contribution in [3.8, 4) is 11.5 Å². The molecule has 0 aromatic heterocycles. The van der Waals surface area contributed by atoms with Gasteiger partial charge in [0.15, 0.2) is 6.61 Å². The van der Waals surface area contributed by atoms with E-state index in [2.05, 4.69) is 10.6 Å². The average Bonchev–Trinajstić information content (AvgIpc) is 2.80.